The van der Waals surface area contributed by atoms with E-state index in [1.807, 2.05) is 20.8 Å². The third kappa shape index (κ3) is 4.99. The van der Waals surface area contributed by atoms with Gasteiger partial charge in [0.15, 0.2) is 0 Å². The van der Waals surface area contributed by atoms with Gasteiger partial charge in [-0.25, -0.2) is 10.2 Å². The molecule has 88 valence electrons. The Bertz CT molecular complexity index is 225. The Hall–Kier alpha value is -0.810. The lowest BCUT2D eigenvalue weighted by atomic mass is 10.2. The predicted molar refractivity (Wildman–Crippen MR) is 58.1 cm³/mol. The van der Waals surface area contributed by atoms with Crippen LogP contribution in [0.2, 0.25) is 0 Å². The number of hydrogen-bond donors (Lipinski definition) is 3. The Kier molecular flexibility index (Phi) is 3.93. The third-order valence-corrected chi connectivity index (χ3v) is 2.25. The standard InChI is InChI=1S/C10H21N3O2/c1-10(2,3)15-9(14)13-12-8-5-4-7(11)6-8/h7-8,12H,4-6,11H2,1-3H3,(H,13,14). The fourth-order valence-corrected chi connectivity index (χ4v) is 1.61. The predicted octanol–water partition coefficient (Wildman–Crippen LogP) is 0.896. The third-order valence-electron chi connectivity index (χ3n) is 2.25. The monoisotopic (exact) mass is 215 g/mol. The molecule has 0 aromatic carbocycles. The van der Waals surface area contributed by atoms with E-state index >= 15 is 0 Å². The lowest BCUT2D eigenvalue weighted by Gasteiger charge is -2.21. The van der Waals surface area contributed by atoms with Crippen LogP contribution in [0, 0.1) is 0 Å². The van der Waals surface area contributed by atoms with Crippen LogP contribution in [0.25, 0.3) is 0 Å². The molecule has 5 nitrogen and oxygen atoms in total. The van der Waals surface area contributed by atoms with Crippen molar-refractivity contribution in [3.8, 4) is 0 Å². The molecule has 4 N–H and O–H groups in total. The van der Waals surface area contributed by atoms with Gasteiger partial charge in [0, 0.05) is 12.1 Å². The highest BCUT2D eigenvalue weighted by Gasteiger charge is 2.22. The molecule has 5 heteroatoms. The van der Waals surface area contributed by atoms with Crippen molar-refractivity contribution >= 4 is 6.09 Å². The number of carbonyl (C=O) groups is 1. The van der Waals surface area contributed by atoms with Gasteiger partial charge < -0.3 is 10.5 Å². The maximum Gasteiger partial charge on any atom is 0.422 e. The highest BCUT2D eigenvalue weighted by molar-refractivity contribution is 5.67. The quantitative estimate of drug-likeness (QED) is 0.598. The van der Waals surface area contributed by atoms with Gasteiger partial charge in [-0.05, 0) is 40.0 Å². The van der Waals surface area contributed by atoms with Crippen molar-refractivity contribution in [2.24, 2.45) is 5.73 Å². The first-order valence-corrected chi connectivity index (χ1v) is 5.37. The molecule has 1 aliphatic carbocycles. The van der Waals surface area contributed by atoms with E-state index in [2.05, 4.69) is 10.9 Å². The van der Waals surface area contributed by atoms with E-state index in [0.717, 1.165) is 19.3 Å². The molecule has 0 aromatic heterocycles. The molecule has 0 spiro atoms. The molecule has 0 aliphatic heterocycles. The molecule has 2 unspecified atom stereocenters. The van der Waals surface area contributed by atoms with Crippen LogP contribution < -0.4 is 16.6 Å². The van der Waals surface area contributed by atoms with E-state index in [1.54, 1.807) is 0 Å². The minimum Gasteiger partial charge on any atom is -0.443 e. The van der Waals surface area contributed by atoms with Gasteiger partial charge >= 0.3 is 6.09 Å². The van der Waals surface area contributed by atoms with Crippen molar-refractivity contribution in [3.63, 3.8) is 0 Å². The van der Waals surface area contributed by atoms with Gasteiger partial charge in [-0.1, -0.05) is 0 Å². The van der Waals surface area contributed by atoms with E-state index in [0.29, 0.717) is 0 Å². The van der Waals surface area contributed by atoms with Crippen molar-refractivity contribution in [1.29, 1.82) is 0 Å². The molecule has 0 saturated heterocycles. The summed E-state index contributed by atoms with van der Waals surface area (Å²) in [7, 11) is 0. The van der Waals surface area contributed by atoms with Crippen molar-refractivity contribution in [3.05, 3.63) is 0 Å². The lowest BCUT2D eigenvalue weighted by molar-refractivity contribution is 0.0488. The second kappa shape index (κ2) is 4.81. The van der Waals surface area contributed by atoms with Gasteiger partial charge in [-0.2, -0.15) is 0 Å². The molecular weight excluding hydrogens is 194 g/mol. The number of amides is 1. The number of ether oxygens (including phenoxy) is 1. The normalized spacial score (nSPS) is 26.4. The fraction of sp³-hybridized carbons (Fsp3) is 0.900. The van der Waals surface area contributed by atoms with Gasteiger partial charge in [0.05, 0.1) is 0 Å². The van der Waals surface area contributed by atoms with Crippen molar-refractivity contribution in [2.45, 2.75) is 57.7 Å². The van der Waals surface area contributed by atoms with E-state index in [4.69, 9.17) is 10.5 Å². The zero-order chi connectivity index (χ0) is 11.5. The topological polar surface area (TPSA) is 76.4 Å². The zero-order valence-electron chi connectivity index (χ0n) is 9.67. The summed E-state index contributed by atoms with van der Waals surface area (Å²) < 4.78 is 5.08. The van der Waals surface area contributed by atoms with E-state index in [1.165, 1.54) is 0 Å². The van der Waals surface area contributed by atoms with Crippen LogP contribution in [0.4, 0.5) is 4.79 Å². The lowest BCUT2D eigenvalue weighted by Crippen LogP contribution is -2.45. The Morgan fingerprint density at radius 2 is 2.07 bits per heavy atom. The number of hydrazine groups is 1. The van der Waals surface area contributed by atoms with Gasteiger partial charge in [0.25, 0.3) is 0 Å². The van der Waals surface area contributed by atoms with Gasteiger partial charge in [0.2, 0.25) is 0 Å². The molecule has 1 saturated carbocycles. The SMILES string of the molecule is CC(C)(C)OC(=O)NNC1CCC(N)C1. The number of rotatable bonds is 2. The first kappa shape index (κ1) is 12.3. The Labute approximate surface area is 90.7 Å². The minimum absolute atomic E-state index is 0.253. The molecule has 0 radical (unpaired) electrons. The largest absolute Gasteiger partial charge is 0.443 e. The summed E-state index contributed by atoms with van der Waals surface area (Å²) in [5.74, 6) is 0. The van der Waals surface area contributed by atoms with Gasteiger partial charge in [-0.3, -0.25) is 5.43 Å². The minimum atomic E-state index is -0.460. The second-order valence-electron chi connectivity index (χ2n) is 5.04. The van der Waals surface area contributed by atoms with Crippen LogP contribution >= 0.6 is 0 Å². The summed E-state index contributed by atoms with van der Waals surface area (Å²) in [6, 6.07) is 0.524. The molecule has 0 bridgehead atoms. The van der Waals surface area contributed by atoms with Crippen molar-refractivity contribution < 1.29 is 9.53 Å². The van der Waals surface area contributed by atoms with Gasteiger partial charge in [-0.15, -0.1) is 0 Å². The van der Waals surface area contributed by atoms with E-state index in [-0.39, 0.29) is 12.1 Å². The molecule has 1 aliphatic rings. The molecule has 0 aromatic rings. The van der Waals surface area contributed by atoms with Crippen LogP contribution in [0.3, 0.4) is 0 Å². The first-order valence-electron chi connectivity index (χ1n) is 5.37. The molecule has 0 heterocycles. The summed E-state index contributed by atoms with van der Waals surface area (Å²) >= 11 is 0. The number of hydrogen-bond acceptors (Lipinski definition) is 4. The van der Waals surface area contributed by atoms with Crippen molar-refractivity contribution in [2.75, 3.05) is 0 Å². The summed E-state index contributed by atoms with van der Waals surface area (Å²) in [6.45, 7) is 5.49. The first-order chi connectivity index (χ1) is 6.87. The summed E-state index contributed by atoms with van der Waals surface area (Å²) in [6.07, 6.45) is 2.46. The Morgan fingerprint density at radius 1 is 1.40 bits per heavy atom. The summed E-state index contributed by atoms with van der Waals surface area (Å²) in [4.78, 5) is 11.3. The van der Waals surface area contributed by atoms with Crippen LogP contribution in [-0.2, 0) is 4.74 Å². The number of nitrogens with one attached hydrogen (secondary N) is 2. The summed E-state index contributed by atoms with van der Waals surface area (Å²) in [5, 5.41) is 0. The number of carbonyl (C=O) groups excluding carboxylic acids is 1. The number of nitrogens with two attached hydrogens (primary N) is 1. The Morgan fingerprint density at radius 3 is 2.53 bits per heavy atom. The van der Waals surface area contributed by atoms with Crippen molar-refractivity contribution in [1.82, 2.24) is 10.9 Å². The molecular formula is C10H21N3O2. The van der Waals surface area contributed by atoms with Crippen LogP contribution in [0.15, 0.2) is 0 Å². The Balaban J connectivity index is 2.17. The molecule has 1 fully saturated rings. The van der Waals surface area contributed by atoms with E-state index < -0.39 is 11.7 Å². The molecule has 1 rings (SSSR count). The summed E-state index contributed by atoms with van der Waals surface area (Å²) in [5.41, 5.74) is 10.8. The van der Waals surface area contributed by atoms with E-state index in [9.17, 15) is 4.79 Å². The fourth-order valence-electron chi connectivity index (χ4n) is 1.61. The average Bonchev–Trinajstić information content (AvgIpc) is 2.45. The second-order valence-corrected chi connectivity index (χ2v) is 5.04. The highest BCUT2D eigenvalue weighted by atomic mass is 16.6. The van der Waals surface area contributed by atoms with Crippen LogP contribution in [0.1, 0.15) is 40.0 Å². The highest BCUT2D eigenvalue weighted by Crippen LogP contribution is 2.16. The van der Waals surface area contributed by atoms with Gasteiger partial charge in [0.1, 0.15) is 5.60 Å². The molecule has 2 atom stereocenters. The molecule has 15 heavy (non-hydrogen) atoms. The molecule has 1 amide bonds. The van der Waals surface area contributed by atoms with Crippen LogP contribution in [-0.4, -0.2) is 23.8 Å². The smallest absolute Gasteiger partial charge is 0.422 e. The maximum atomic E-state index is 11.3. The van der Waals surface area contributed by atoms with Crippen LogP contribution in [0.5, 0.6) is 0 Å². The maximum absolute atomic E-state index is 11.3. The zero-order valence-corrected chi connectivity index (χ0v) is 9.67. The average molecular weight is 215 g/mol.